The third-order valence-electron chi connectivity index (χ3n) is 4.12. The molecule has 0 aliphatic heterocycles. The molecule has 7 nitrogen and oxygen atoms in total. The van der Waals surface area contributed by atoms with Crippen molar-refractivity contribution >= 4 is 28.9 Å². The van der Waals surface area contributed by atoms with E-state index in [0.717, 1.165) is 23.0 Å². The van der Waals surface area contributed by atoms with Crippen LogP contribution in [0.2, 0.25) is 0 Å². The number of thiazole rings is 1. The van der Waals surface area contributed by atoms with E-state index in [1.807, 2.05) is 35.7 Å². The predicted octanol–water partition coefficient (Wildman–Crippen LogP) is 4.73. The molecule has 0 N–H and O–H groups in total. The Balaban J connectivity index is 1.43. The molecule has 4 rings (SSSR count). The molecule has 1 atom stereocenters. The molecule has 144 valence electrons. The van der Waals surface area contributed by atoms with Gasteiger partial charge in [0.2, 0.25) is 0 Å². The smallest absolute Gasteiger partial charge is 0.277 e. The minimum absolute atomic E-state index is 0.0322. The monoisotopic (exact) mass is 422 g/mol. The number of nitriles is 1. The van der Waals surface area contributed by atoms with E-state index in [1.165, 1.54) is 11.3 Å². The highest BCUT2D eigenvalue weighted by molar-refractivity contribution is 7.99. The summed E-state index contributed by atoms with van der Waals surface area (Å²) in [6, 6.07) is 13.4. The van der Waals surface area contributed by atoms with Gasteiger partial charge < -0.3 is 8.83 Å². The summed E-state index contributed by atoms with van der Waals surface area (Å²) in [7, 11) is 0. The van der Waals surface area contributed by atoms with E-state index in [4.69, 9.17) is 8.83 Å². The number of hydrogen-bond acceptors (Lipinski definition) is 9. The van der Waals surface area contributed by atoms with Crippen LogP contribution in [0.5, 0.6) is 0 Å². The lowest BCUT2D eigenvalue weighted by Crippen LogP contribution is -2.13. The molecule has 0 radical (unpaired) electrons. The van der Waals surface area contributed by atoms with E-state index < -0.39 is 5.92 Å². The zero-order valence-electron chi connectivity index (χ0n) is 15.2. The Kier molecular flexibility index (Phi) is 5.55. The maximum Gasteiger partial charge on any atom is 0.277 e. The number of rotatable bonds is 7. The molecule has 9 heteroatoms. The van der Waals surface area contributed by atoms with Crippen LogP contribution in [0.3, 0.4) is 0 Å². The highest BCUT2D eigenvalue weighted by Gasteiger charge is 2.25. The molecule has 0 amide bonds. The minimum Gasteiger partial charge on any atom is -0.469 e. The number of furan rings is 1. The van der Waals surface area contributed by atoms with Crippen molar-refractivity contribution < 1.29 is 13.6 Å². The second-order valence-electron chi connectivity index (χ2n) is 6.02. The normalized spacial score (nSPS) is 11.9. The first-order valence-corrected chi connectivity index (χ1v) is 10.5. The second kappa shape index (κ2) is 8.43. The van der Waals surface area contributed by atoms with E-state index >= 15 is 0 Å². The van der Waals surface area contributed by atoms with E-state index in [0.29, 0.717) is 22.2 Å². The van der Waals surface area contributed by atoms with Gasteiger partial charge in [0, 0.05) is 10.9 Å². The molecular weight excluding hydrogens is 408 g/mol. The van der Waals surface area contributed by atoms with E-state index in [1.54, 1.807) is 19.3 Å². The van der Waals surface area contributed by atoms with E-state index in [2.05, 4.69) is 21.3 Å². The molecule has 0 bridgehead atoms. The highest BCUT2D eigenvalue weighted by Crippen LogP contribution is 2.30. The van der Waals surface area contributed by atoms with Gasteiger partial charge in [-0.05, 0) is 13.0 Å². The summed E-state index contributed by atoms with van der Waals surface area (Å²) in [5.41, 5.74) is 2.41. The van der Waals surface area contributed by atoms with Crippen LogP contribution < -0.4 is 0 Å². The van der Waals surface area contributed by atoms with Crippen LogP contribution in [0.1, 0.15) is 16.7 Å². The first kappa shape index (κ1) is 19.1. The number of Topliss-reactive ketones (excluding diaryl/α,β-unsaturated/α-hetero) is 1. The zero-order chi connectivity index (χ0) is 20.2. The van der Waals surface area contributed by atoms with Crippen molar-refractivity contribution in [3.63, 3.8) is 0 Å². The summed E-state index contributed by atoms with van der Waals surface area (Å²) in [5, 5.41) is 20.0. The fraction of sp³-hybridized carbons (Fsp3) is 0.150. The number of nitrogens with zero attached hydrogens (tertiary/aromatic N) is 4. The van der Waals surface area contributed by atoms with Crippen molar-refractivity contribution in [3.05, 3.63) is 58.8 Å². The first-order valence-electron chi connectivity index (χ1n) is 8.59. The Hall–Kier alpha value is -3.22. The number of benzene rings is 1. The van der Waals surface area contributed by atoms with Gasteiger partial charge in [0.05, 0.1) is 29.3 Å². The Morgan fingerprint density at radius 3 is 2.83 bits per heavy atom. The summed E-state index contributed by atoms with van der Waals surface area (Å²) in [6.07, 6.45) is 1.54. The van der Waals surface area contributed by atoms with Crippen molar-refractivity contribution in [2.45, 2.75) is 18.1 Å². The van der Waals surface area contributed by atoms with Gasteiger partial charge in [-0.3, -0.25) is 4.79 Å². The lowest BCUT2D eigenvalue weighted by molar-refractivity contribution is -0.116. The summed E-state index contributed by atoms with van der Waals surface area (Å²) in [4.78, 5) is 17.1. The third-order valence-corrected chi connectivity index (χ3v) is 5.87. The van der Waals surface area contributed by atoms with E-state index in [9.17, 15) is 10.1 Å². The number of aryl methyl sites for hydroxylation is 1. The molecule has 29 heavy (non-hydrogen) atoms. The number of ketones is 1. The standard InChI is InChI=1S/C20H14N4O3S2/c1-12-14(7-8-26-12)18-23-24-20(27-18)29-11-17(25)15(9-21)19-22-16(10-28-19)13-5-3-2-4-6-13/h2-8,10,15H,11H2,1H3/t15-/m0/s1. The third kappa shape index (κ3) is 4.13. The number of thioether (sulfide) groups is 1. The Morgan fingerprint density at radius 1 is 1.28 bits per heavy atom. The molecule has 0 saturated heterocycles. The predicted molar refractivity (Wildman–Crippen MR) is 108 cm³/mol. The largest absolute Gasteiger partial charge is 0.469 e. The molecule has 0 fully saturated rings. The molecule has 1 aromatic carbocycles. The number of aromatic nitrogens is 3. The summed E-state index contributed by atoms with van der Waals surface area (Å²) in [5.74, 6) is -0.154. The molecule has 3 aromatic heterocycles. The molecule has 3 heterocycles. The van der Waals surface area contributed by atoms with Crippen LogP contribution in [0.15, 0.2) is 62.1 Å². The Bertz CT molecular complexity index is 1170. The topological polar surface area (TPSA) is 106 Å². The lowest BCUT2D eigenvalue weighted by atomic mass is 10.1. The van der Waals surface area contributed by atoms with Crippen LogP contribution in [0, 0.1) is 18.3 Å². The van der Waals surface area contributed by atoms with Crippen molar-refractivity contribution in [1.82, 2.24) is 15.2 Å². The quantitative estimate of drug-likeness (QED) is 0.394. The van der Waals surface area contributed by atoms with Gasteiger partial charge in [-0.1, -0.05) is 42.1 Å². The SMILES string of the molecule is Cc1occc1-c1nnc(SCC(=O)[C@H](C#N)c2nc(-c3ccccc3)cs2)o1. The molecule has 0 spiro atoms. The van der Waals surface area contributed by atoms with Crippen molar-refractivity contribution in [2.75, 3.05) is 5.75 Å². The number of carbonyl (C=O) groups is 1. The molecule has 0 aliphatic carbocycles. The van der Waals surface area contributed by atoms with Gasteiger partial charge in [-0.15, -0.1) is 21.5 Å². The Labute approximate surface area is 174 Å². The van der Waals surface area contributed by atoms with Gasteiger partial charge in [-0.2, -0.15) is 5.26 Å². The zero-order valence-corrected chi connectivity index (χ0v) is 16.9. The fourth-order valence-electron chi connectivity index (χ4n) is 2.63. The maximum absolute atomic E-state index is 12.6. The van der Waals surface area contributed by atoms with Crippen LogP contribution in [-0.2, 0) is 4.79 Å². The van der Waals surface area contributed by atoms with Crippen molar-refractivity contribution in [2.24, 2.45) is 0 Å². The van der Waals surface area contributed by atoms with Gasteiger partial charge in [-0.25, -0.2) is 4.98 Å². The highest BCUT2D eigenvalue weighted by atomic mass is 32.2. The van der Waals surface area contributed by atoms with E-state index in [-0.39, 0.29) is 16.8 Å². The lowest BCUT2D eigenvalue weighted by Gasteiger charge is -2.03. The van der Waals surface area contributed by atoms with Gasteiger partial charge >= 0.3 is 0 Å². The summed E-state index contributed by atoms with van der Waals surface area (Å²) in [6.45, 7) is 1.80. The molecular formula is C20H14N4O3S2. The Morgan fingerprint density at radius 2 is 2.10 bits per heavy atom. The first-order chi connectivity index (χ1) is 14.2. The molecule has 0 unspecified atom stereocenters. The van der Waals surface area contributed by atoms with Crippen LogP contribution >= 0.6 is 23.1 Å². The average Bonchev–Trinajstić information content (AvgIpc) is 3.48. The van der Waals surface area contributed by atoms with Gasteiger partial charge in [0.15, 0.2) is 11.7 Å². The fourth-order valence-corrected chi connectivity index (χ4v) is 4.19. The molecule has 4 aromatic rings. The maximum atomic E-state index is 12.6. The van der Waals surface area contributed by atoms with Crippen molar-refractivity contribution in [3.8, 4) is 28.8 Å². The minimum atomic E-state index is -0.927. The number of hydrogen-bond donors (Lipinski definition) is 0. The van der Waals surface area contributed by atoms with Crippen LogP contribution in [-0.4, -0.2) is 26.7 Å². The molecule has 0 saturated carbocycles. The number of carbonyl (C=O) groups excluding carboxylic acids is 1. The molecule has 0 aliphatic rings. The van der Waals surface area contributed by atoms with Gasteiger partial charge in [0.25, 0.3) is 11.1 Å². The van der Waals surface area contributed by atoms with Crippen LogP contribution in [0.25, 0.3) is 22.7 Å². The van der Waals surface area contributed by atoms with Gasteiger partial charge in [0.1, 0.15) is 10.8 Å². The van der Waals surface area contributed by atoms with Crippen LogP contribution in [0.4, 0.5) is 0 Å². The second-order valence-corrected chi connectivity index (χ2v) is 7.83. The van der Waals surface area contributed by atoms with Crippen molar-refractivity contribution in [1.29, 1.82) is 5.26 Å². The average molecular weight is 422 g/mol. The summed E-state index contributed by atoms with van der Waals surface area (Å²) < 4.78 is 10.8. The summed E-state index contributed by atoms with van der Waals surface area (Å²) >= 11 is 2.40.